The van der Waals surface area contributed by atoms with Gasteiger partial charge in [-0.2, -0.15) is 0 Å². The van der Waals surface area contributed by atoms with Crippen LogP contribution in [0.25, 0.3) is 6.08 Å². The summed E-state index contributed by atoms with van der Waals surface area (Å²) in [7, 11) is 0. The van der Waals surface area contributed by atoms with Gasteiger partial charge in [0.25, 0.3) is 0 Å². The molecule has 0 saturated carbocycles. The van der Waals surface area contributed by atoms with Crippen molar-refractivity contribution in [3.05, 3.63) is 65.5 Å². The van der Waals surface area contributed by atoms with Crippen LogP contribution in [0, 0.1) is 5.82 Å². The second-order valence-corrected chi connectivity index (χ2v) is 5.69. The molecule has 1 heterocycles. The molecule has 0 spiro atoms. The normalized spacial score (nSPS) is 14.1. The Kier molecular flexibility index (Phi) is 5.31. The van der Waals surface area contributed by atoms with Crippen molar-refractivity contribution in [3.8, 4) is 11.5 Å². The first-order valence-corrected chi connectivity index (χ1v) is 8.11. The number of fused-ring (bicyclic) bond motifs is 1. The van der Waals surface area contributed by atoms with E-state index in [1.165, 1.54) is 37.3 Å². The Balaban J connectivity index is 1.60. The largest absolute Gasteiger partial charge is 0.486 e. The molecule has 5 nitrogen and oxygen atoms in total. The van der Waals surface area contributed by atoms with Gasteiger partial charge < -0.3 is 14.2 Å². The Morgan fingerprint density at radius 2 is 1.77 bits per heavy atom. The summed E-state index contributed by atoms with van der Waals surface area (Å²) in [6.45, 7) is 2.46. The molecule has 0 N–H and O–H groups in total. The number of benzene rings is 2. The average Bonchev–Trinajstić information content (AvgIpc) is 2.66. The first-order chi connectivity index (χ1) is 12.5. The molecule has 3 rings (SSSR count). The van der Waals surface area contributed by atoms with E-state index >= 15 is 0 Å². The van der Waals surface area contributed by atoms with Crippen molar-refractivity contribution < 1.29 is 28.2 Å². The summed E-state index contributed by atoms with van der Waals surface area (Å²) in [5.74, 6) is -0.205. The molecule has 0 aliphatic carbocycles. The lowest BCUT2D eigenvalue weighted by Crippen LogP contribution is -2.23. The molecular weight excluding hydrogens is 339 g/mol. The van der Waals surface area contributed by atoms with Gasteiger partial charge in [-0.1, -0.05) is 6.07 Å². The average molecular weight is 356 g/mol. The minimum absolute atomic E-state index is 0.280. The number of halogens is 1. The molecule has 0 fully saturated rings. The van der Waals surface area contributed by atoms with E-state index in [0.717, 1.165) is 5.56 Å². The smallest absolute Gasteiger partial charge is 0.331 e. The lowest BCUT2D eigenvalue weighted by molar-refractivity contribution is -0.140. The van der Waals surface area contributed by atoms with E-state index in [1.807, 2.05) is 0 Å². The summed E-state index contributed by atoms with van der Waals surface area (Å²) in [4.78, 5) is 24.1. The first-order valence-electron chi connectivity index (χ1n) is 8.11. The summed E-state index contributed by atoms with van der Waals surface area (Å²) in [5, 5.41) is 0. The fourth-order valence-corrected chi connectivity index (χ4v) is 2.44. The molecule has 1 unspecified atom stereocenters. The lowest BCUT2D eigenvalue weighted by atomic mass is 10.1. The van der Waals surface area contributed by atoms with Crippen molar-refractivity contribution in [2.24, 2.45) is 0 Å². The zero-order valence-electron chi connectivity index (χ0n) is 14.1. The molecule has 134 valence electrons. The van der Waals surface area contributed by atoms with Crippen LogP contribution >= 0.6 is 0 Å². The number of carbonyl (C=O) groups is 2. The molecule has 1 aliphatic rings. The third-order valence-electron chi connectivity index (χ3n) is 3.77. The highest BCUT2D eigenvalue weighted by Crippen LogP contribution is 2.31. The van der Waals surface area contributed by atoms with Crippen LogP contribution < -0.4 is 9.47 Å². The molecule has 0 saturated heterocycles. The number of ketones is 1. The van der Waals surface area contributed by atoms with E-state index in [2.05, 4.69) is 0 Å². The highest BCUT2D eigenvalue weighted by molar-refractivity contribution is 6.01. The Bertz CT molecular complexity index is 842. The number of ether oxygens (including phenoxy) is 3. The van der Waals surface area contributed by atoms with Gasteiger partial charge in [0, 0.05) is 11.6 Å². The third-order valence-corrected chi connectivity index (χ3v) is 3.77. The van der Waals surface area contributed by atoms with Gasteiger partial charge >= 0.3 is 5.97 Å². The second kappa shape index (κ2) is 7.82. The van der Waals surface area contributed by atoms with Crippen molar-refractivity contribution >= 4 is 17.8 Å². The molecule has 26 heavy (non-hydrogen) atoms. The predicted molar refractivity (Wildman–Crippen MR) is 92.8 cm³/mol. The third kappa shape index (κ3) is 4.27. The van der Waals surface area contributed by atoms with Crippen molar-refractivity contribution in [2.75, 3.05) is 13.2 Å². The summed E-state index contributed by atoms with van der Waals surface area (Å²) in [6, 6.07) is 10.4. The second-order valence-electron chi connectivity index (χ2n) is 5.69. The number of rotatable bonds is 5. The van der Waals surface area contributed by atoms with E-state index in [-0.39, 0.29) is 5.56 Å². The zero-order valence-corrected chi connectivity index (χ0v) is 14.1. The van der Waals surface area contributed by atoms with Crippen molar-refractivity contribution in [3.63, 3.8) is 0 Å². The van der Waals surface area contributed by atoms with Crippen LogP contribution in [0.15, 0.2) is 48.5 Å². The minimum Gasteiger partial charge on any atom is -0.486 e. The van der Waals surface area contributed by atoms with Gasteiger partial charge in [-0.15, -0.1) is 0 Å². The van der Waals surface area contributed by atoms with Crippen molar-refractivity contribution in [1.29, 1.82) is 0 Å². The molecule has 2 aromatic rings. The molecule has 2 aromatic carbocycles. The van der Waals surface area contributed by atoms with Crippen LogP contribution in [0.5, 0.6) is 11.5 Å². The summed E-state index contributed by atoms with van der Waals surface area (Å²) in [6.07, 6.45) is 1.83. The summed E-state index contributed by atoms with van der Waals surface area (Å²) >= 11 is 0. The quantitative estimate of drug-likeness (QED) is 0.467. The van der Waals surface area contributed by atoms with Crippen LogP contribution in [0.3, 0.4) is 0 Å². The van der Waals surface area contributed by atoms with E-state index in [9.17, 15) is 14.0 Å². The molecule has 0 bridgehead atoms. The standard InChI is InChI=1S/C20H17FO5/c1-13(20(23)15-4-6-16(21)7-5-15)26-19(22)9-3-14-2-8-17-18(12-14)25-11-10-24-17/h2-9,12-13H,10-11H2,1H3/b9-3+. The van der Waals surface area contributed by atoms with Crippen LogP contribution in [-0.2, 0) is 9.53 Å². The Hall–Kier alpha value is -3.15. The Morgan fingerprint density at radius 1 is 1.08 bits per heavy atom. The van der Waals surface area contributed by atoms with E-state index in [4.69, 9.17) is 14.2 Å². The molecule has 1 atom stereocenters. The first kappa shape index (κ1) is 17.7. The number of Topliss-reactive ketones (excluding diaryl/α,β-unsaturated/α-hetero) is 1. The van der Waals surface area contributed by atoms with Gasteiger partial charge in [-0.25, -0.2) is 9.18 Å². The molecule has 0 radical (unpaired) electrons. The van der Waals surface area contributed by atoms with E-state index in [1.54, 1.807) is 24.3 Å². The summed E-state index contributed by atoms with van der Waals surface area (Å²) < 4.78 is 28.9. The summed E-state index contributed by atoms with van der Waals surface area (Å²) in [5.41, 5.74) is 1.02. The van der Waals surface area contributed by atoms with Gasteiger partial charge in [0.05, 0.1) is 0 Å². The maximum absolute atomic E-state index is 12.9. The zero-order chi connectivity index (χ0) is 18.5. The SMILES string of the molecule is CC(OC(=O)/C=C/c1ccc2c(c1)OCCO2)C(=O)c1ccc(F)cc1. The molecule has 6 heteroatoms. The predicted octanol–water partition coefficient (Wildman–Crippen LogP) is 3.42. The van der Waals surface area contributed by atoms with Gasteiger partial charge in [-0.3, -0.25) is 4.79 Å². The van der Waals surface area contributed by atoms with Crippen LogP contribution in [-0.4, -0.2) is 31.1 Å². The molecule has 1 aliphatic heterocycles. The van der Waals surface area contributed by atoms with Crippen LogP contribution in [0.4, 0.5) is 4.39 Å². The monoisotopic (exact) mass is 356 g/mol. The van der Waals surface area contributed by atoms with Crippen LogP contribution in [0.2, 0.25) is 0 Å². The highest BCUT2D eigenvalue weighted by atomic mass is 19.1. The maximum atomic E-state index is 12.9. The Morgan fingerprint density at radius 3 is 2.50 bits per heavy atom. The maximum Gasteiger partial charge on any atom is 0.331 e. The van der Waals surface area contributed by atoms with Crippen LogP contribution in [0.1, 0.15) is 22.8 Å². The molecule has 0 aromatic heterocycles. The highest BCUT2D eigenvalue weighted by Gasteiger charge is 2.18. The fraction of sp³-hybridized carbons (Fsp3) is 0.200. The van der Waals surface area contributed by atoms with Gasteiger partial charge in [-0.05, 0) is 55.0 Å². The number of carbonyl (C=O) groups excluding carboxylic acids is 2. The number of esters is 1. The number of hydrogen-bond acceptors (Lipinski definition) is 5. The van der Waals surface area contributed by atoms with Crippen molar-refractivity contribution in [2.45, 2.75) is 13.0 Å². The van der Waals surface area contributed by atoms with Gasteiger partial charge in [0.1, 0.15) is 19.0 Å². The van der Waals surface area contributed by atoms with Gasteiger partial charge in [0.2, 0.25) is 5.78 Å². The molecule has 0 amide bonds. The van der Waals surface area contributed by atoms with Crippen molar-refractivity contribution in [1.82, 2.24) is 0 Å². The Labute approximate surface area is 150 Å². The lowest BCUT2D eigenvalue weighted by Gasteiger charge is -2.18. The number of hydrogen-bond donors (Lipinski definition) is 0. The van der Waals surface area contributed by atoms with E-state index in [0.29, 0.717) is 24.7 Å². The molecular formula is C20H17FO5. The van der Waals surface area contributed by atoms with Gasteiger partial charge in [0.15, 0.2) is 17.6 Å². The fourth-order valence-electron chi connectivity index (χ4n) is 2.44. The topological polar surface area (TPSA) is 61.8 Å². The minimum atomic E-state index is -0.974. The van der Waals surface area contributed by atoms with E-state index < -0.39 is 23.7 Å².